The maximum absolute atomic E-state index is 6.39. The van der Waals surface area contributed by atoms with Crippen LogP contribution >= 0.6 is 23.7 Å². The van der Waals surface area contributed by atoms with Gasteiger partial charge in [0.15, 0.2) is 5.82 Å². The average molecular weight is 379 g/mol. The summed E-state index contributed by atoms with van der Waals surface area (Å²) in [6.45, 7) is 0. The van der Waals surface area contributed by atoms with Crippen molar-refractivity contribution in [3.63, 3.8) is 0 Å². The quantitative estimate of drug-likeness (QED) is 0.737. The van der Waals surface area contributed by atoms with Crippen LogP contribution in [0.3, 0.4) is 0 Å². The molecule has 0 spiro atoms. The van der Waals surface area contributed by atoms with Crippen molar-refractivity contribution in [2.24, 2.45) is 5.73 Å². The van der Waals surface area contributed by atoms with Crippen molar-refractivity contribution in [2.45, 2.75) is 31.2 Å². The van der Waals surface area contributed by atoms with E-state index in [4.69, 9.17) is 15.0 Å². The van der Waals surface area contributed by atoms with E-state index in [9.17, 15) is 0 Å². The highest BCUT2D eigenvalue weighted by Crippen LogP contribution is 2.37. The van der Waals surface area contributed by atoms with Gasteiger partial charge in [0.2, 0.25) is 0 Å². The molecule has 0 bridgehead atoms. The van der Waals surface area contributed by atoms with Crippen LogP contribution in [0.15, 0.2) is 35.0 Å². The van der Waals surface area contributed by atoms with E-state index in [2.05, 4.69) is 15.1 Å². The molecule has 6 nitrogen and oxygen atoms in total. The fourth-order valence-electron chi connectivity index (χ4n) is 3.00. The van der Waals surface area contributed by atoms with Gasteiger partial charge in [-0.15, -0.1) is 23.7 Å². The molecule has 1 aromatic carbocycles. The fraction of sp³-hybridized carbons (Fsp3) is 0.353. The van der Waals surface area contributed by atoms with Gasteiger partial charge in [-0.1, -0.05) is 18.0 Å². The Morgan fingerprint density at radius 3 is 2.60 bits per heavy atom. The van der Waals surface area contributed by atoms with E-state index in [-0.39, 0.29) is 12.4 Å². The van der Waals surface area contributed by atoms with Gasteiger partial charge in [0.1, 0.15) is 15.6 Å². The minimum absolute atomic E-state index is 0. The summed E-state index contributed by atoms with van der Waals surface area (Å²) in [6, 6.07) is 7.79. The van der Waals surface area contributed by atoms with E-state index in [1.165, 1.54) is 11.3 Å². The molecular formula is C17H19ClN4O2S. The molecule has 2 N–H and O–H groups in total. The van der Waals surface area contributed by atoms with Crippen LogP contribution in [0.2, 0.25) is 0 Å². The molecule has 1 saturated carbocycles. The average Bonchev–Trinajstić information content (AvgIpc) is 3.35. The highest BCUT2D eigenvalue weighted by Gasteiger charge is 2.36. The first-order valence-corrected chi connectivity index (χ1v) is 8.73. The Kier molecular flexibility index (Phi) is 5.08. The zero-order valence-electron chi connectivity index (χ0n) is 13.8. The molecule has 2 aromatic heterocycles. The van der Waals surface area contributed by atoms with Gasteiger partial charge in [0.25, 0.3) is 5.89 Å². The molecule has 3 aromatic rings. The number of benzene rings is 1. The standard InChI is InChI=1S/C17H18N4O2S.ClH/c1-22-12-6-4-11(5-7-12)15-19-10-13(24-15)14-20-16(21-23-14)17(18)8-2-3-9-17;/h4-7,10H,2-3,8-9,18H2,1H3;1H. The van der Waals surface area contributed by atoms with Crippen molar-refractivity contribution in [1.82, 2.24) is 15.1 Å². The molecule has 1 fully saturated rings. The lowest BCUT2D eigenvalue weighted by Crippen LogP contribution is -2.34. The second-order valence-corrected chi connectivity index (χ2v) is 7.08. The zero-order chi connectivity index (χ0) is 16.6. The van der Waals surface area contributed by atoms with E-state index < -0.39 is 5.54 Å². The molecule has 8 heteroatoms. The number of methoxy groups -OCH3 is 1. The molecule has 0 radical (unpaired) electrons. The summed E-state index contributed by atoms with van der Waals surface area (Å²) in [4.78, 5) is 9.83. The molecule has 2 heterocycles. The smallest absolute Gasteiger partial charge is 0.269 e. The highest BCUT2D eigenvalue weighted by molar-refractivity contribution is 7.18. The lowest BCUT2D eigenvalue weighted by Gasteiger charge is -2.17. The SMILES string of the molecule is COc1ccc(-c2ncc(-c3nc(C4(N)CCCC4)no3)s2)cc1.Cl. The summed E-state index contributed by atoms with van der Waals surface area (Å²) in [6.07, 6.45) is 5.81. The second-order valence-electron chi connectivity index (χ2n) is 6.04. The topological polar surface area (TPSA) is 87.1 Å². The molecule has 4 rings (SSSR count). The van der Waals surface area contributed by atoms with Crippen LogP contribution in [0.4, 0.5) is 0 Å². The molecule has 1 aliphatic carbocycles. The number of thiazole rings is 1. The van der Waals surface area contributed by atoms with Crippen molar-refractivity contribution >= 4 is 23.7 Å². The number of rotatable bonds is 4. The number of hydrogen-bond acceptors (Lipinski definition) is 7. The molecule has 0 saturated heterocycles. The first-order valence-electron chi connectivity index (χ1n) is 7.92. The van der Waals surface area contributed by atoms with Crippen molar-refractivity contribution in [2.75, 3.05) is 7.11 Å². The Morgan fingerprint density at radius 1 is 1.20 bits per heavy atom. The highest BCUT2D eigenvalue weighted by atomic mass is 35.5. The number of ether oxygens (including phenoxy) is 1. The number of nitrogens with two attached hydrogens (primary N) is 1. The summed E-state index contributed by atoms with van der Waals surface area (Å²) >= 11 is 1.52. The lowest BCUT2D eigenvalue weighted by atomic mass is 9.99. The first kappa shape index (κ1) is 17.8. The minimum Gasteiger partial charge on any atom is -0.497 e. The van der Waals surface area contributed by atoms with E-state index in [1.807, 2.05) is 24.3 Å². The van der Waals surface area contributed by atoms with Crippen LogP contribution in [0, 0.1) is 0 Å². The Labute approximate surface area is 155 Å². The minimum atomic E-state index is -0.439. The molecule has 132 valence electrons. The molecule has 1 aliphatic rings. The zero-order valence-corrected chi connectivity index (χ0v) is 15.4. The largest absolute Gasteiger partial charge is 0.497 e. The van der Waals surface area contributed by atoms with Crippen LogP contribution in [0.1, 0.15) is 31.5 Å². The van der Waals surface area contributed by atoms with Gasteiger partial charge >= 0.3 is 0 Å². The fourth-order valence-corrected chi connectivity index (χ4v) is 3.84. The van der Waals surface area contributed by atoms with Crippen LogP contribution in [0.5, 0.6) is 5.75 Å². The van der Waals surface area contributed by atoms with Crippen LogP contribution in [0.25, 0.3) is 21.3 Å². The normalized spacial score (nSPS) is 15.8. The molecule has 0 unspecified atom stereocenters. The third-order valence-electron chi connectivity index (χ3n) is 4.42. The van der Waals surface area contributed by atoms with Crippen molar-refractivity contribution < 1.29 is 9.26 Å². The number of hydrogen-bond donors (Lipinski definition) is 1. The maximum atomic E-state index is 6.39. The third kappa shape index (κ3) is 3.40. The van der Waals surface area contributed by atoms with Crippen LogP contribution in [-0.2, 0) is 5.54 Å². The first-order chi connectivity index (χ1) is 11.7. The van der Waals surface area contributed by atoms with Gasteiger partial charge in [-0.05, 0) is 37.1 Å². The third-order valence-corrected chi connectivity index (χ3v) is 5.45. The molecular weight excluding hydrogens is 360 g/mol. The van der Waals surface area contributed by atoms with Gasteiger partial charge in [-0.2, -0.15) is 4.98 Å². The van der Waals surface area contributed by atoms with Crippen molar-refractivity contribution in [3.8, 4) is 27.1 Å². The van der Waals surface area contributed by atoms with Gasteiger partial charge in [0, 0.05) is 5.56 Å². The number of halogens is 1. The van der Waals surface area contributed by atoms with Crippen molar-refractivity contribution in [3.05, 3.63) is 36.3 Å². The number of aromatic nitrogens is 3. The molecule has 0 atom stereocenters. The summed E-state index contributed by atoms with van der Waals surface area (Å²) in [7, 11) is 1.65. The van der Waals surface area contributed by atoms with Gasteiger partial charge in [-0.3, -0.25) is 0 Å². The lowest BCUT2D eigenvalue weighted by molar-refractivity contribution is 0.373. The van der Waals surface area contributed by atoms with Gasteiger partial charge in [0.05, 0.1) is 18.8 Å². The maximum Gasteiger partial charge on any atom is 0.269 e. The monoisotopic (exact) mass is 378 g/mol. The summed E-state index contributed by atoms with van der Waals surface area (Å²) < 4.78 is 10.6. The Hall–Kier alpha value is -1.96. The molecule has 0 amide bonds. The van der Waals surface area contributed by atoms with E-state index >= 15 is 0 Å². The molecule has 0 aliphatic heterocycles. The van der Waals surface area contributed by atoms with Gasteiger partial charge in [-0.25, -0.2) is 4.98 Å². The summed E-state index contributed by atoms with van der Waals surface area (Å²) in [5, 5.41) is 5.00. The van der Waals surface area contributed by atoms with E-state index in [0.29, 0.717) is 11.7 Å². The Morgan fingerprint density at radius 2 is 1.92 bits per heavy atom. The summed E-state index contributed by atoms with van der Waals surface area (Å²) in [5.74, 6) is 1.91. The van der Waals surface area contributed by atoms with Crippen LogP contribution < -0.4 is 10.5 Å². The predicted molar refractivity (Wildman–Crippen MR) is 99.0 cm³/mol. The molecule has 25 heavy (non-hydrogen) atoms. The Bertz CT molecular complexity index is 840. The second kappa shape index (κ2) is 7.11. The van der Waals surface area contributed by atoms with Crippen molar-refractivity contribution in [1.29, 1.82) is 0 Å². The van der Waals surface area contributed by atoms with E-state index in [0.717, 1.165) is 46.9 Å². The van der Waals surface area contributed by atoms with E-state index in [1.54, 1.807) is 13.3 Å². The Balaban J connectivity index is 0.00000182. The number of nitrogens with zero attached hydrogens (tertiary/aromatic N) is 3. The van der Waals surface area contributed by atoms with Gasteiger partial charge < -0.3 is 15.0 Å². The van der Waals surface area contributed by atoms with Crippen LogP contribution in [-0.4, -0.2) is 22.2 Å². The summed E-state index contributed by atoms with van der Waals surface area (Å²) in [5.41, 5.74) is 6.97. The predicted octanol–water partition coefficient (Wildman–Crippen LogP) is 4.02.